The molecule has 0 aromatic rings. The molecule has 76 valence electrons. The van der Waals surface area contributed by atoms with Gasteiger partial charge in [-0.05, 0) is 37.8 Å². The van der Waals surface area contributed by atoms with Crippen molar-refractivity contribution in [3.63, 3.8) is 0 Å². The lowest BCUT2D eigenvalue weighted by molar-refractivity contribution is 0.0972. The Morgan fingerprint density at radius 1 is 1.23 bits per heavy atom. The van der Waals surface area contributed by atoms with Crippen molar-refractivity contribution >= 4 is 0 Å². The number of hydrazine groups is 1. The number of piperidine rings is 1. The average Bonchev–Trinajstić information content (AvgIpc) is 2.47. The van der Waals surface area contributed by atoms with E-state index in [1.165, 1.54) is 38.9 Å². The monoisotopic (exact) mass is 183 g/mol. The average molecular weight is 183 g/mol. The molecule has 2 aliphatic heterocycles. The summed E-state index contributed by atoms with van der Waals surface area (Å²) in [4.78, 5) is 2.57. The van der Waals surface area contributed by atoms with E-state index >= 15 is 0 Å². The molecule has 0 amide bonds. The van der Waals surface area contributed by atoms with Gasteiger partial charge in [0, 0.05) is 19.6 Å². The van der Waals surface area contributed by atoms with Crippen LogP contribution in [0.4, 0.5) is 0 Å². The summed E-state index contributed by atoms with van der Waals surface area (Å²) in [6, 6.07) is 0. The first kappa shape index (κ1) is 9.44. The van der Waals surface area contributed by atoms with Crippen LogP contribution < -0.4 is 5.84 Å². The summed E-state index contributed by atoms with van der Waals surface area (Å²) in [5.41, 5.74) is 0.545. The molecule has 0 bridgehead atoms. The van der Waals surface area contributed by atoms with Crippen molar-refractivity contribution in [3.8, 4) is 0 Å². The van der Waals surface area contributed by atoms with Crippen LogP contribution in [-0.4, -0.2) is 42.6 Å². The molecule has 2 fully saturated rings. The maximum Gasteiger partial charge on any atom is 0.0197 e. The molecule has 2 rings (SSSR count). The van der Waals surface area contributed by atoms with Gasteiger partial charge in [0.1, 0.15) is 0 Å². The number of hydrogen-bond acceptors (Lipinski definition) is 3. The Hall–Kier alpha value is -0.120. The largest absolute Gasteiger partial charge is 0.303 e. The summed E-state index contributed by atoms with van der Waals surface area (Å²) in [5.74, 6) is 5.84. The molecule has 1 spiro atoms. The van der Waals surface area contributed by atoms with Crippen LogP contribution in [0.5, 0.6) is 0 Å². The fourth-order valence-electron chi connectivity index (χ4n) is 2.88. The van der Waals surface area contributed by atoms with Crippen LogP contribution in [0.1, 0.15) is 26.2 Å². The smallest absolute Gasteiger partial charge is 0.0197 e. The molecule has 2 aliphatic rings. The topological polar surface area (TPSA) is 32.5 Å². The zero-order valence-corrected chi connectivity index (χ0v) is 8.63. The number of likely N-dealkylation sites (tertiary alicyclic amines) is 1. The van der Waals surface area contributed by atoms with Crippen molar-refractivity contribution < 1.29 is 0 Å². The third-order valence-electron chi connectivity index (χ3n) is 3.66. The molecule has 0 radical (unpaired) electrons. The molecule has 0 aromatic carbocycles. The SMILES string of the molecule is CCN1CCCC2(CCN(N)C2)C1. The lowest BCUT2D eigenvalue weighted by Crippen LogP contribution is -2.45. The van der Waals surface area contributed by atoms with Crippen LogP contribution in [0.15, 0.2) is 0 Å². The number of nitrogens with two attached hydrogens (primary N) is 1. The first-order valence-electron chi connectivity index (χ1n) is 5.46. The van der Waals surface area contributed by atoms with Crippen molar-refractivity contribution in [2.24, 2.45) is 11.3 Å². The van der Waals surface area contributed by atoms with Crippen LogP contribution >= 0.6 is 0 Å². The first-order valence-corrected chi connectivity index (χ1v) is 5.46. The van der Waals surface area contributed by atoms with E-state index in [2.05, 4.69) is 11.8 Å². The van der Waals surface area contributed by atoms with Crippen molar-refractivity contribution in [3.05, 3.63) is 0 Å². The van der Waals surface area contributed by atoms with E-state index in [0.717, 1.165) is 13.1 Å². The van der Waals surface area contributed by atoms with Gasteiger partial charge in [-0.1, -0.05) is 6.92 Å². The van der Waals surface area contributed by atoms with E-state index in [9.17, 15) is 0 Å². The van der Waals surface area contributed by atoms with Crippen LogP contribution in [0.2, 0.25) is 0 Å². The van der Waals surface area contributed by atoms with Gasteiger partial charge in [0.25, 0.3) is 0 Å². The van der Waals surface area contributed by atoms with Crippen molar-refractivity contribution in [2.75, 3.05) is 32.7 Å². The van der Waals surface area contributed by atoms with Crippen LogP contribution in [-0.2, 0) is 0 Å². The van der Waals surface area contributed by atoms with Crippen molar-refractivity contribution in [1.29, 1.82) is 0 Å². The minimum atomic E-state index is 0.545. The van der Waals surface area contributed by atoms with Gasteiger partial charge in [-0.25, -0.2) is 5.01 Å². The summed E-state index contributed by atoms with van der Waals surface area (Å²) in [6.45, 7) is 8.24. The maximum absolute atomic E-state index is 5.84. The van der Waals surface area contributed by atoms with Crippen molar-refractivity contribution in [1.82, 2.24) is 9.91 Å². The highest BCUT2D eigenvalue weighted by Gasteiger charge is 2.39. The van der Waals surface area contributed by atoms with E-state index in [-0.39, 0.29) is 0 Å². The Morgan fingerprint density at radius 3 is 2.69 bits per heavy atom. The molecule has 0 aromatic heterocycles. The highest BCUT2D eigenvalue weighted by atomic mass is 15.4. The van der Waals surface area contributed by atoms with Crippen LogP contribution in [0, 0.1) is 5.41 Å². The Balaban J connectivity index is 1.98. The summed E-state index contributed by atoms with van der Waals surface area (Å²) >= 11 is 0. The van der Waals surface area contributed by atoms with Gasteiger partial charge in [0.05, 0.1) is 0 Å². The molecule has 3 heteroatoms. The molecular formula is C10H21N3. The molecular weight excluding hydrogens is 162 g/mol. The number of nitrogens with zero attached hydrogens (tertiary/aromatic N) is 2. The van der Waals surface area contributed by atoms with Gasteiger partial charge in [0.2, 0.25) is 0 Å². The highest BCUT2D eigenvalue weighted by Crippen LogP contribution is 2.37. The highest BCUT2D eigenvalue weighted by molar-refractivity contribution is 4.93. The van der Waals surface area contributed by atoms with E-state index < -0.39 is 0 Å². The van der Waals surface area contributed by atoms with Gasteiger partial charge < -0.3 is 4.90 Å². The van der Waals surface area contributed by atoms with Crippen LogP contribution in [0.25, 0.3) is 0 Å². The van der Waals surface area contributed by atoms with Gasteiger partial charge in [-0.2, -0.15) is 0 Å². The maximum atomic E-state index is 5.84. The lowest BCUT2D eigenvalue weighted by atomic mass is 9.79. The third kappa shape index (κ3) is 1.87. The quantitative estimate of drug-likeness (QED) is 0.606. The molecule has 3 nitrogen and oxygen atoms in total. The number of rotatable bonds is 1. The van der Waals surface area contributed by atoms with Gasteiger partial charge >= 0.3 is 0 Å². The third-order valence-corrected chi connectivity index (χ3v) is 3.66. The zero-order valence-electron chi connectivity index (χ0n) is 8.63. The molecule has 1 unspecified atom stereocenters. The standard InChI is InChI=1S/C10H21N3/c1-2-12-6-3-4-10(8-12)5-7-13(11)9-10/h2-9,11H2,1H3. The molecule has 2 saturated heterocycles. The minimum absolute atomic E-state index is 0.545. The zero-order chi connectivity index (χ0) is 9.31. The van der Waals surface area contributed by atoms with E-state index in [1.807, 2.05) is 5.01 Å². The second kappa shape index (κ2) is 3.56. The fraction of sp³-hybridized carbons (Fsp3) is 1.00. The van der Waals surface area contributed by atoms with E-state index in [0.29, 0.717) is 5.41 Å². The van der Waals surface area contributed by atoms with Gasteiger partial charge in [-0.3, -0.25) is 5.84 Å². The normalized spacial score (nSPS) is 37.4. The molecule has 1 atom stereocenters. The van der Waals surface area contributed by atoms with Gasteiger partial charge in [-0.15, -0.1) is 0 Å². The Bertz CT molecular complexity index is 179. The Morgan fingerprint density at radius 2 is 2.08 bits per heavy atom. The van der Waals surface area contributed by atoms with E-state index in [1.54, 1.807) is 0 Å². The molecule has 0 saturated carbocycles. The first-order chi connectivity index (χ1) is 6.24. The Labute approximate surface area is 80.8 Å². The summed E-state index contributed by atoms with van der Waals surface area (Å²) in [5, 5.41) is 2.00. The molecule has 0 aliphatic carbocycles. The van der Waals surface area contributed by atoms with Crippen molar-refractivity contribution in [2.45, 2.75) is 26.2 Å². The number of hydrogen-bond donors (Lipinski definition) is 1. The summed E-state index contributed by atoms with van der Waals surface area (Å²) in [7, 11) is 0. The summed E-state index contributed by atoms with van der Waals surface area (Å²) < 4.78 is 0. The van der Waals surface area contributed by atoms with E-state index in [4.69, 9.17) is 5.84 Å². The minimum Gasteiger partial charge on any atom is -0.303 e. The summed E-state index contributed by atoms with van der Waals surface area (Å²) in [6.07, 6.45) is 4.05. The van der Waals surface area contributed by atoms with Crippen LogP contribution in [0.3, 0.4) is 0 Å². The molecule has 2 N–H and O–H groups in total. The Kier molecular flexibility index (Phi) is 2.58. The fourth-order valence-corrected chi connectivity index (χ4v) is 2.88. The predicted molar refractivity (Wildman–Crippen MR) is 54.2 cm³/mol. The molecule has 2 heterocycles. The second-order valence-electron chi connectivity index (χ2n) is 4.69. The molecule has 13 heavy (non-hydrogen) atoms. The predicted octanol–water partition coefficient (Wildman–Crippen LogP) is 0.668. The van der Waals surface area contributed by atoms with Gasteiger partial charge in [0.15, 0.2) is 0 Å². The second-order valence-corrected chi connectivity index (χ2v) is 4.69. The lowest BCUT2D eigenvalue weighted by Gasteiger charge is -2.39.